The van der Waals surface area contributed by atoms with E-state index in [1.54, 1.807) is 7.11 Å². The van der Waals surface area contributed by atoms with Gasteiger partial charge in [0.1, 0.15) is 5.82 Å². The lowest BCUT2D eigenvalue weighted by atomic mass is 10.2. The highest BCUT2D eigenvalue weighted by Crippen LogP contribution is 2.29. The van der Waals surface area contributed by atoms with Gasteiger partial charge < -0.3 is 19.4 Å². The molecule has 0 aliphatic carbocycles. The molecule has 1 N–H and O–H groups in total. The highest BCUT2D eigenvalue weighted by molar-refractivity contribution is 9.10. The van der Waals surface area contributed by atoms with Crippen molar-refractivity contribution in [3.8, 4) is 11.5 Å². The predicted molar refractivity (Wildman–Crippen MR) is 152 cm³/mol. The average Bonchev–Trinajstić information content (AvgIpc) is 3.27. The highest BCUT2D eigenvalue weighted by Gasteiger charge is 2.12. The van der Waals surface area contributed by atoms with E-state index in [0.717, 1.165) is 64.2 Å². The molecular formula is C30H32BrN3O3. The maximum absolute atomic E-state index is 12.4. The number of carbonyl (C=O) groups excluding carboxylic acids is 1. The van der Waals surface area contributed by atoms with Crippen LogP contribution in [-0.2, 0) is 13.0 Å². The number of carbonyl (C=O) groups is 1. The molecule has 1 aromatic heterocycles. The number of hydrogen-bond acceptors (Lipinski definition) is 4. The van der Waals surface area contributed by atoms with Crippen molar-refractivity contribution >= 4 is 38.9 Å². The lowest BCUT2D eigenvalue weighted by Gasteiger charge is -2.13. The van der Waals surface area contributed by atoms with Crippen molar-refractivity contribution in [1.82, 2.24) is 14.9 Å². The zero-order valence-corrected chi connectivity index (χ0v) is 22.8. The fraction of sp³-hybridized carbons (Fsp3) is 0.267. The van der Waals surface area contributed by atoms with E-state index < -0.39 is 0 Å². The molecule has 0 unspecified atom stereocenters. The topological polar surface area (TPSA) is 65.4 Å². The minimum atomic E-state index is -0.0627. The van der Waals surface area contributed by atoms with E-state index in [2.05, 4.69) is 31.9 Å². The van der Waals surface area contributed by atoms with E-state index in [-0.39, 0.29) is 5.91 Å². The van der Waals surface area contributed by atoms with Crippen molar-refractivity contribution in [2.45, 2.75) is 32.7 Å². The summed E-state index contributed by atoms with van der Waals surface area (Å²) in [7, 11) is 1.66. The number of amides is 1. The quantitative estimate of drug-likeness (QED) is 0.196. The number of rotatable bonds is 12. The van der Waals surface area contributed by atoms with Gasteiger partial charge in [-0.3, -0.25) is 4.79 Å². The van der Waals surface area contributed by atoms with Crippen LogP contribution < -0.4 is 14.8 Å². The Balaban J connectivity index is 1.33. The summed E-state index contributed by atoms with van der Waals surface area (Å²) in [6, 6.07) is 21.5. The van der Waals surface area contributed by atoms with Crippen molar-refractivity contribution in [2.24, 2.45) is 0 Å². The number of nitrogens with zero attached hydrogens (tertiary/aromatic N) is 2. The van der Waals surface area contributed by atoms with Gasteiger partial charge in [-0.15, -0.1) is 0 Å². The van der Waals surface area contributed by atoms with Crippen LogP contribution in [0.1, 0.15) is 41.5 Å². The highest BCUT2D eigenvalue weighted by atomic mass is 79.9. The Morgan fingerprint density at radius 1 is 1.05 bits per heavy atom. The third kappa shape index (κ3) is 7.01. The van der Waals surface area contributed by atoms with Crippen molar-refractivity contribution < 1.29 is 14.3 Å². The first kappa shape index (κ1) is 26.5. The van der Waals surface area contributed by atoms with Gasteiger partial charge in [0.05, 0.1) is 24.8 Å². The average molecular weight is 563 g/mol. The lowest BCUT2D eigenvalue weighted by molar-refractivity contribution is 0.0953. The van der Waals surface area contributed by atoms with Crippen LogP contribution in [0.5, 0.6) is 11.5 Å². The number of ether oxygens (including phenoxy) is 2. The molecule has 3 aromatic carbocycles. The molecular weight excluding hydrogens is 530 g/mol. The van der Waals surface area contributed by atoms with Gasteiger partial charge in [0.25, 0.3) is 5.91 Å². The van der Waals surface area contributed by atoms with Crippen LogP contribution in [0.2, 0.25) is 0 Å². The Labute approximate surface area is 226 Å². The third-order valence-corrected chi connectivity index (χ3v) is 6.56. The zero-order chi connectivity index (χ0) is 26.0. The van der Waals surface area contributed by atoms with Crippen LogP contribution in [0, 0.1) is 0 Å². The Morgan fingerprint density at radius 3 is 2.65 bits per heavy atom. The number of halogens is 1. The van der Waals surface area contributed by atoms with E-state index in [1.807, 2.05) is 79.7 Å². The van der Waals surface area contributed by atoms with Crippen molar-refractivity contribution in [2.75, 3.05) is 20.3 Å². The molecule has 4 aromatic rings. The summed E-state index contributed by atoms with van der Waals surface area (Å²) < 4.78 is 14.8. The van der Waals surface area contributed by atoms with Gasteiger partial charge in [-0.1, -0.05) is 46.3 Å². The number of imidazole rings is 1. The van der Waals surface area contributed by atoms with Gasteiger partial charge in [0.2, 0.25) is 0 Å². The van der Waals surface area contributed by atoms with Gasteiger partial charge in [-0.2, -0.15) is 0 Å². The van der Waals surface area contributed by atoms with E-state index in [0.29, 0.717) is 18.7 Å². The number of nitrogens with one attached hydrogen (secondary N) is 1. The van der Waals surface area contributed by atoms with Crippen molar-refractivity contribution in [1.29, 1.82) is 0 Å². The van der Waals surface area contributed by atoms with E-state index in [4.69, 9.17) is 14.5 Å². The molecule has 0 radical (unpaired) electrons. The zero-order valence-electron chi connectivity index (χ0n) is 21.2. The van der Waals surface area contributed by atoms with Crippen LogP contribution in [0.4, 0.5) is 0 Å². The van der Waals surface area contributed by atoms with Crippen LogP contribution in [0.15, 0.2) is 77.3 Å². The summed E-state index contributed by atoms with van der Waals surface area (Å²) in [6.07, 6.45) is 6.44. The van der Waals surface area contributed by atoms with Crippen LogP contribution in [0.3, 0.4) is 0 Å². The number of fused-ring (bicyclic) bond motifs is 1. The number of allylic oxidation sites excluding steroid dienone is 1. The van der Waals surface area contributed by atoms with Crippen LogP contribution in [0.25, 0.3) is 17.1 Å². The second-order valence-corrected chi connectivity index (χ2v) is 9.56. The molecule has 4 rings (SSSR count). The molecule has 6 nitrogen and oxygen atoms in total. The number of hydrogen-bond donors (Lipinski definition) is 1. The molecule has 37 heavy (non-hydrogen) atoms. The van der Waals surface area contributed by atoms with E-state index in [1.165, 1.54) is 0 Å². The minimum Gasteiger partial charge on any atom is -0.493 e. The van der Waals surface area contributed by atoms with Crippen LogP contribution in [-0.4, -0.2) is 35.7 Å². The standard InChI is InChI=1S/C30H32BrN3O3/c1-3-8-22-12-17-27(28(21-22)36-2)37-20-7-19-34-26-10-5-4-9-25(26)33-29(34)11-6-18-32-30(35)23-13-15-24(31)16-14-23/h3-5,8-10,12-17,21H,6-7,11,18-20H2,1-2H3,(H,32,35)/b8-3+. The van der Waals surface area contributed by atoms with Gasteiger partial charge >= 0.3 is 0 Å². The molecule has 0 saturated carbocycles. The molecule has 0 fully saturated rings. The molecule has 1 heterocycles. The fourth-order valence-corrected chi connectivity index (χ4v) is 4.49. The smallest absolute Gasteiger partial charge is 0.251 e. The first-order valence-electron chi connectivity index (χ1n) is 12.5. The van der Waals surface area contributed by atoms with E-state index in [9.17, 15) is 4.79 Å². The number of aromatic nitrogens is 2. The van der Waals surface area contributed by atoms with E-state index >= 15 is 0 Å². The maximum Gasteiger partial charge on any atom is 0.251 e. The summed E-state index contributed by atoms with van der Waals surface area (Å²) in [5.41, 5.74) is 3.83. The second kappa shape index (κ2) is 13.1. The Hall–Kier alpha value is -3.58. The monoisotopic (exact) mass is 561 g/mol. The number of para-hydroxylation sites is 2. The Kier molecular flexibility index (Phi) is 9.38. The summed E-state index contributed by atoms with van der Waals surface area (Å²) in [5, 5.41) is 3.01. The summed E-state index contributed by atoms with van der Waals surface area (Å²) in [6.45, 7) is 3.93. The first-order chi connectivity index (χ1) is 18.1. The molecule has 0 spiro atoms. The molecule has 0 aliphatic rings. The predicted octanol–water partition coefficient (Wildman–Crippen LogP) is 6.67. The summed E-state index contributed by atoms with van der Waals surface area (Å²) in [5.74, 6) is 2.43. The summed E-state index contributed by atoms with van der Waals surface area (Å²) >= 11 is 3.40. The number of benzene rings is 3. The Bertz CT molecular complexity index is 1360. The number of methoxy groups -OCH3 is 1. The van der Waals surface area contributed by atoms with Gasteiger partial charge in [-0.25, -0.2) is 4.98 Å². The molecule has 0 atom stereocenters. The fourth-order valence-electron chi connectivity index (χ4n) is 4.22. The largest absolute Gasteiger partial charge is 0.493 e. The minimum absolute atomic E-state index is 0.0627. The molecule has 0 bridgehead atoms. The molecule has 1 amide bonds. The van der Waals surface area contributed by atoms with Gasteiger partial charge in [0, 0.05) is 29.5 Å². The lowest BCUT2D eigenvalue weighted by Crippen LogP contribution is -2.25. The molecule has 192 valence electrons. The molecule has 7 heteroatoms. The van der Waals surface area contributed by atoms with Crippen LogP contribution >= 0.6 is 15.9 Å². The molecule has 0 aliphatic heterocycles. The SMILES string of the molecule is C/C=C/c1ccc(OCCCn2c(CCCNC(=O)c3ccc(Br)cc3)nc3ccccc32)c(OC)c1. The first-order valence-corrected chi connectivity index (χ1v) is 13.3. The number of aryl methyl sites for hydroxylation is 2. The normalized spacial score (nSPS) is 11.2. The Morgan fingerprint density at radius 2 is 1.86 bits per heavy atom. The second-order valence-electron chi connectivity index (χ2n) is 8.65. The van der Waals surface area contributed by atoms with Crippen molar-refractivity contribution in [3.63, 3.8) is 0 Å². The van der Waals surface area contributed by atoms with Gasteiger partial charge in [0.15, 0.2) is 11.5 Å². The third-order valence-electron chi connectivity index (χ3n) is 6.03. The summed E-state index contributed by atoms with van der Waals surface area (Å²) in [4.78, 5) is 17.3. The molecule has 0 saturated heterocycles. The van der Waals surface area contributed by atoms with Crippen molar-refractivity contribution in [3.05, 3.63) is 94.2 Å². The maximum atomic E-state index is 12.4. The van der Waals surface area contributed by atoms with Gasteiger partial charge in [-0.05, 0) is 73.9 Å².